The van der Waals surface area contributed by atoms with Crippen molar-refractivity contribution >= 4 is 17.2 Å². The van der Waals surface area contributed by atoms with Crippen molar-refractivity contribution in [2.45, 2.75) is 12.8 Å². The molecule has 114 valence electrons. The zero-order valence-electron chi connectivity index (χ0n) is 11.8. The van der Waals surface area contributed by atoms with Gasteiger partial charge >= 0.3 is 0 Å². The predicted molar refractivity (Wildman–Crippen MR) is 81.6 cm³/mol. The summed E-state index contributed by atoms with van der Waals surface area (Å²) < 4.78 is 26.4. The second-order valence-corrected chi connectivity index (χ2v) is 4.72. The van der Waals surface area contributed by atoms with E-state index >= 15 is 0 Å². The van der Waals surface area contributed by atoms with E-state index in [9.17, 15) is 8.78 Å². The van der Waals surface area contributed by atoms with Gasteiger partial charge in [0.2, 0.25) is 0 Å². The van der Waals surface area contributed by atoms with Gasteiger partial charge in [-0.25, -0.2) is 8.78 Å². The van der Waals surface area contributed by atoms with Crippen LogP contribution in [-0.4, -0.2) is 5.84 Å². The van der Waals surface area contributed by atoms with Crippen LogP contribution in [0, 0.1) is 5.53 Å². The van der Waals surface area contributed by atoms with Crippen LogP contribution in [0.15, 0.2) is 58.9 Å². The zero-order valence-corrected chi connectivity index (χ0v) is 11.8. The Bertz CT molecular complexity index is 690. The second kappa shape index (κ2) is 6.30. The monoisotopic (exact) mass is 303 g/mol. The van der Waals surface area contributed by atoms with Crippen LogP contribution in [0.2, 0.25) is 0 Å². The molecule has 0 aromatic heterocycles. The van der Waals surface area contributed by atoms with E-state index in [1.807, 2.05) is 0 Å². The van der Waals surface area contributed by atoms with E-state index in [1.165, 1.54) is 12.1 Å². The average molecular weight is 303 g/mol. The lowest BCUT2D eigenvalue weighted by molar-refractivity contribution is 0.0175. The summed E-state index contributed by atoms with van der Waals surface area (Å²) in [6, 6.07) is 12.9. The molecule has 0 heterocycles. The van der Waals surface area contributed by atoms with Crippen LogP contribution in [0.4, 0.5) is 20.2 Å². The number of nitrogens with one attached hydrogen (secondary N) is 2. The van der Waals surface area contributed by atoms with Crippen LogP contribution in [0.1, 0.15) is 18.1 Å². The Labute approximate surface area is 126 Å². The molecule has 0 unspecified atom stereocenters. The minimum atomic E-state index is -2.87. The Balaban J connectivity index is 2.28. The van der Waals surface area contributed by atoms with E-state index in [2.05, 4.69) is 15.6 Å². The van der Waals surface area contributed by atoms with Crippen molar-refractivity contribution in [3.05, 3.63) is 59.7 Å². The van der Waals surface area contributed by atoms with Gasteiger partial charge in [0.05, 0.1) is 0 Å². The van der Waals surface area contributed by atoms with Gasteiger partial charge in [0.15, 0.2) is 5.84 Å². The summed E-state index contributed by atoms with van der Waals surface area (Å²) in [4.78, 5) is 0. The first-order chi connectivity index (χ1) is 10.4. The van der Waals surface area contributed by atoms with Gasteiger partial charge in [0.25, 0.3) is 5.92 Å². The van der Waals surface area contributed by atoms with E-state index in [1.54, 1.807) is 36.4 Å². The minimum Gasteiger partial charge on any atom is -0.382 e. The fraction of sp³-hybridized carbons (Fsp3) is 0.133. The van der Waals surface area contributed by atoms with Crippen molar-refractivity contribution < 1.29 is 8.78 Å². The summed E-state index contributed by atoms with van der Waals surface area (Å²) in [5.41, 5.74) is 14.3. The van der Waals surface area contributed by atoms with Gasteiger partial charge in [-0.1, -0.05) is 29.5 Å². The number of anilines is 2. The molecule has 0 amide bonds. The van der Waals surface area contributed by atoms with E-state index in [0.29, 0.717) is 16.9 Å². The summed E-state index contributed by atoms with van der Waals surface area (Å²) in [5.74, 6) is -2.78. The molecule has 2 rings (SSSR count). The van der Waals surface area contributed by atoms with Crippen molar-refractivity contribution in [2.24, 2.45) is 16.1 Å². The number of halogens is 2. The van der Waals surface area contributed by atoms with Crippen LogP contribution in [0.3, 0.4) is 0 Å². The zero-order chi connectivity index (χ0) is 16.2. The van der Waals surface area contributed by atoms with Crippen molar-refractivity contribution in [1.29, 1.82) is 5.53 Å². The van der Waals surface area contributed by atoms with Gasteiger partial charge in [-0.05, 0) is 24.3 Å². The van der Waals surface area contributed by atoms with E-state index in [4.69, 9.17) is 11.3 Å². The smallest absolute Gasteiger partial charge is 0.270 e. The van der Waals surface area contributed by atoms with Gasteiger partial charge in [-0.15, -0.1) is 5.10 Å². The molecule has 0 aliphatic carbocycles. The van der Waals surface area contributed by atoms with Gasteiger partial charge in [-0.3, -0.25) is 0 Å². The molecule has 0 aliphatic rings. The Morgan fingerprint density at radius 2 is 1.77 bits per heavy atom. The SMILES string of the molecule is CC(F)(F)c1ccc(Nc2ccccc2C(N)=NN=N)cc1. The van der Waals surface area contributed by atoms with Crippen LogP contribution >= 0.6 is 0 Å². The van der Waals surface area contributed by atoms with Crippen molar-refractivity contribution in [3.8, 4) is 0 Å². The molecule has 0 aliphatic heterocycles. The van der Waals surface area contributed by atoms with E-state index < -0.39 is 5.92 Å². The summed E-state index contributed by atoms with van der Waals surface area (Å²) >= 11 is 0. The fourth-order valence-electron chi connectivity index (χ4n) is 1.92. The molecule has 0 fully saturated rings. The van der Waals surface area contributed by atoms with Gasteiger partial charge in [0.1, 0.15) is 0 Å². The Morgan fingerprint density at radius 3 is 2.36 bits per heavy atom. The molecule has 0 radical (unpaired) electrons. The molecule has 2 aromatic carbocycles. The molecule has 22 heavy (non-hydrogen) atoms. The number of alkyl halides is 2. The maximum atomic E-state index is 13.2. The number of nitrogens with two attached hydrogens (primary N) is 1. The number of para-hydroxylation sites is 1. The summed E-state index contributed by atoms with van der Waals surface area (Å²) in [7, 11) is 0. The highest BCUT2D eigenvalue weighted by atomic mass is 19.3. The molecular formula is C15H15F2N5. The average Bonchev–Trinajstić information content (AvgIpc) is 2.47. The first-order valence-electron chi connectivity index (χ1n) is 6.46. The number of amidine groups is 1. The third-order valence-corrected chi connectivity index (χ3v) is 3.03. The third kappa shape index (κ3) is 3.63. The third-order valence-electron chi connectivity index (χ3n) is 3.03. The molecule has 7 heteroatoms. The van der Waals surface area contributed by atoms with Crippen LogP contribution in [0.25, 0.3) is 0 Å². The molecule has 5 nitrogen and oxygen atoms in total. The summed E-state index contributed by atoms with van der Waals surface area (Å²) in [6.07, 6.45) is 0. The minimum absolute atomic E-state index is 0.0552. The van der Waals surface area contributed by atoms with Crippen molar-refractivity contribution in [3.63, 3.8) is 0 Å². The largest absolute Gasteiger partial charge is 0.382 e. The maximum Gasteiger partial charge on any atom is 0.270 e. The lowest BCUT2D eigenvalue weighted by Gasteiger charge is -2.13. The number of hydrogen-bond donors (Lipinski definition) is 3. The first kappa shape index (κ1) is 15.6. The van der Waals surface area contributed by atoms with Crippen molar-refractivity contribution in [2.75, 3.05) is 5.32 Å². The van der Waals surface area contributed by atoms with Crippen LogP contribution in [-0.2, 0) is 5.92 Å². The standard InChI is InChI=1S/C15H15F2N5/c1-15(16,17)10-6-8-11(9-7-10)20-13-5-3-2-4-12(13)14(18)21-22-19/h2-9,20H,1H3,(H3,18,19,21). The molecule has 0 saturated carbocycles. The molecule has 0 bridgehead atoms. The Kier molecular flexibility index (Phi) is 4.45. The quantitative estimate of drug-likeness (QED) is 0.335. The highest BCUT2D eigenvalue weighted by Gasteiger charge is 2.23. The summed E-state index contributed by atoms with van der Waals surface area (Å²) in [5, 5.41) is 9.47. The van der Waals surface area contributed by atoms with E-state index in [0.717, 1.165) is 6.92 Å². The topological polar surface area (TPSA) is 86.6 Å². The molecule has 0 atom stereocenters. The normalized spacial score (nSPS) is 12.0. The molecule has 0 saturated heterocycles. The van der Waals surface area contributed by atoms with Gasteiger partial charge in [-0.2, -0.15) is 5.53 Å². The fourth-order valence-corrected chi connectivity index (χ4v) is 1.92. The Hall–Kier alpha value is -2.83. The van der Waals surface area contributed by atoms with Crippen LogP contribution < -0.4 is 11.1 Å². The number of benzene rings is 2. The molecular weight excluding hydrogens is 288 g/mol. The van der Waals surface area contributed by atoms with Crippen LogP contribution in [0.5, 0.6) is 0 Å². The number of nitrogens with zero attached hydrogens (tertiary/aromatic N) is 2. The maximum absolute atomic E-state index is 13.2. The Morgan fingerprint density at radius 1 is 1.14 bits per heavy atom. The predicted octanol–water partition coefficient (Wildman–Crippen LogP) is 4.19. The summed E-state index contributed by atoms with van der Waals surface area (Å²) in [6.45, 7) is 0.853. The van der Waals surface area contributed by atoms with Crippen molar-refractivity contribution in [1.82, 2.24) is 0 Å². The lowest BCUT2D eigenvalue weighted by atomic mass is 10.1. The molecule has 0 spiro atoms. The first-order valence-corrected chi connectivity index (χ1v) is 6.46. The number of hydrogen-bond acceptors (Lipinski definition) is 3. The van der Waals surface area contributed by atoms with Gasteiger partial charge < -0.3 is 11.1 Å². The van der Waals surface area contributed by atoms with Gasteiger partial charge in [0, 0.05) is 29.4 Å². The number of rotatable bonds is 5. The highest BCUT2D eigenvalue weighted by Crippen LogP contribution is 2.29. The second-order valence-electron chi connectivity index (χ2n) is 4.72. The molecule has 4 N–H and O–H groups in total. The highest BCUT2D eigenvalue weighted by molar-refractivity contribution is 6.02. The van der Waals surface area contributed by atoms with E-state index in [-0.39, 0.29) is 11.4 Å². The lowest BCUT2D eigenvalue weighted by Crippen LogP contribution is -2.14. The molecule has 2 aromatic rings.